The lowest BCUT2D eigenvalue weighted by atomic mass is 10.2. The van der Waals surface area contributed by atoms with E-state index in [0.29, 0.717) is 6.42 Å². The third-order valence-corrected chi connectivity index (χ3v) is 4.41. The van der Waals surface area contributed by atoms with Crippen molar-refractivity contribution in [2.75, 3.05) is 12.8 Å². The maximum Gasteiger partial charge on any atom is 0.234 e. The molecule has 1 aliphatic rings. The van der Waals surface area contributed by atoms with Gasteiger partial charge in [0.2, 0.25) is 5.91 Å². The molecule has 3 N–H and O–H groups in total. The lowest BCUT2D eigenvalue weighted by Gasteiger charge is -2.11. The van der Waals surface area contributed by atoms with Crippen molar-refractivity contribution >= 4 is 17.7 Å². The molecule has 1 unspecified atom stereocenters. The highest BCUT2D eigenvalue weighted by atomic mass is 32.2. The molecule has 1 aliphatic heterocycles. The molecule has 19 heavy (non-hydrogen) atoms. The van der Waals surface area contributed by atoms with Crippen LogP contribution in [-0.4, -0.2) is 39.5 Å². The molecule has 1 amide bonds. The standard InChI is InChI=1S/C12H21N5OS/c1-14-9(11(13)18)6-8-19-12-16-15-10-5-3-2-4-7-17(10)12/h9,14H,2-8H2,1H3,(H2,13,18). The number of amides is 1. The second kappa shape index (κ2) is 6.91. The van der Waals surface area contributed by atoms with Crippen LogP contribution in [0, 0.1) is 0 Å². The number of aromatic nitrogens is 3. The summed E-state index contributed by atoms with van der Waals surface area (Å²) in [5, 5.41) is 12.4. The summed E-state index contributed by atoms with van der Waals surface area (Å²) in [4.78, 5) is 11.1. The highest BCUT2D eigenvalue weighted by molar-refractivity contribution is 7.99. The van der Waals surface area contributed by atoms with Crippen LogP contribution in [0.25, 0.3) is 0 Å². The first kappa shape index (κ1) is 14.3. The zero-order valence-corrected chi connectivity index (χ0v) is 12.1. The Labute approximate surface area is 117 Å². The number of primary amides is 1. The van der Waals surface area contributed by atoms with Crippen LogP contribution < -0.4 is 11.1 Å². The van der Waals surface area contributed by atoms with Crippen molar-refractivity contribution in [3.63, 3.8) is 0 Å². The van der Waals surface area contributed by atoms with Crippen molar-refractivity contribution in [2.45, 2.75) is 49.8 Å². The highest BCUT2D eigenvalue weighted by Gasteiger charge is 2.16. The molecular formula is C12H21N5OS. The van der Waals surface area contributed by atoms with Gasteiger partial charge in [0.05, 0.1) is 6.04 Å². The van der Waals surface area contributed by atoms with Gasteiger partial charge in [0.15, 0.2) is 5.16 Å². The molecule has 0 aliphatic carbocycles. The SMILES string of the molecule is CNC(CCSc1nnc2n1CCCCC2)C(N)=O. The van der Waals surface area contributed by atoms with Crippen molar-refractivity contribution in [1.82, 2.24) is 20.1 Å². The number of aryl methyl sites for hydroxylation is 1. The van der Waals surface area contributed by atoms with Gasteiger partial charge in [-0.1, -0.05) is 18.2 Å². The highest BCUT2D eigenvalue weighted by Crippen LogP contribution is 2.22. The summed E-state index contributed by atoms with van der Waals surface area (Å²) in [6.45, 7) is 1.01. The lowest BCUT2D eigenvalue weighted by Crippen LogP contribution is -2.39. The monoisotopic (exact) mass is 283 g/mol. The minimum absolute atomic E-state index is 0.265. The molecule has 1 atom stereocenters. The van der Waals surface area contributed by atoms with E-state index in [1.165, 1.54) is 19.3 Å². The van der Waals surface area contributed by atoms with Gasteiger partial charge in [-0.3, -0.25) is 4.79 Å². The largest absolute Gasteiger partial charge is 0.368 e. The number of likely N-dealkylation sites (N-methyl/N-ethyl adjacent to an activating group) is 1. The Bertz CT molecular complexity index is 434. The van der Waals surface area contributed by atoms with E-state index in [9.17, 15) is 4.79 Å². The number of nitrogens with two attached hydrogens (primary N) is 1. The smallest absolute Gasteiger partial charge is 0.234 e. The van der Waals surface area contributed by atoms with Crippen LogP contribution in [0.1, 0.15) is 31.5 Å². The molecule has 6 nitrogen and oxygen atoms in total. The van der Waals surface area contributed by atoms with Crippen molar-refractivity contribution < 1.29 is 4.79 Å². The van der Waals surface area contributed by atoms with Gasteiger partial charge in [0.1, 0.15) is 5.82 Å². The quantitative estimate of drug-likeness (QED) is 0.745. The van der Waals surface area contributed by atoms with E-state index < -0.39 is 0 Å². The summed E-state index contributed by atoms with van der Waals surface area (Å²) in [5.74, 6) is 1.61. The Morgan fingerprint density at radius 2 is 2.32 bits per heavy atom. The Hall–Kier alpha value is -1.08. The van der Waals surface area contributed by atoms with Crippen LogP contribution in [0.3, 0.4) is 0 Å². The Morgan fingerprint density at radius 3 is 3.05 bits per heavy atom. The Morgan fingerprint density at radius 1 is 1.47 bits per heavy atom. The van der Waals surface area contributed by atoms with Gasteiger partial charge in [0, 0.05) is 18.7 Å². The maximum absolute atomic E-state index is 11.1. The van der Waals surface area contributed by atoms with E-state index >= 15 is 0 Å². The molecule has 0 saturated heterocycles. The number of nitrogens with zero attached hydrogens (tertiary/aromatic N) is 3. The summed E-state index contributed by atoms with van der Waals surface area (Å²) >= 11 is 1.65. The topological polar surface area (TPSA) is 85.8 Å². The Kier molecular flexibility index (Phi) is 5.21. The van der Waals surface area contributed by atoms with Crippen molar-refractivity contribution in [3.8, 4) is 0 Å². The molecule has 1 aromatic heterocycles. The van der Waals surface area contributed by atoms with Gasteiger partial charge in [-0.05, 0) is 26.3 Å². The molecule has 0 bridgehead atoms. The van der Waals surface area contributed by atoms with Crippen LogP contribution >= 0.6 is 11.8 Å². The summed E-state index contributed by atoms with van der Waals surface area (Å²) in [6, 6.07) is -0.265. The average molecular weight is 283 g/mol. The summed E-state index contributed by atoms with van der Waals surface area (Å²) in [5.41, 5.74) is 5.29. The van der Waals surface area contributed by atoms with Gasteiger partial charge in [-0.15, -0.1) is 10.2 Å². The summed E-state index contributed by atoms with van der Waals surface area (Å²) in [6.07, 6.45) is 5.38. The molecule has 2 heterocycles. The lowest BCUT2D eigenvalue weighted by molar-refractivity contribution is -0.119. The van der Waals surface area contributed by atoms with E-state index in [1.54, 1.807) is 18.8 Å². The molecule has 7 heteroatoms. The average Bonchev–Trinajstić information content (AvgIpc) is 2.62. The van der Waals surface area contributed by atoms with Crippen LogP contribution in [0.15, 0.2) is 5.16 Å². The summed E-state index contributed by atoms with van der Waals surface area (Å²) < 4.78 is 2.22. The minimum atomic E-state index is -0.303. The first-order valence-electron chi connectivity index (χ1n) is 6.74. The van der Waals surface area contributed by atoms with E-state index in [1.807, 2.05) is 0 Å². The van der Waals surface area contributed by atoms with Crippen LogP contribution in [0.5, 0.6) is 0 Å². The van der Waals surface area contributed by atoms with E-state index in [4.69, 9.17) is 5.73 Å². The third-order valence-electron chi connectivity index (χ3n) is 3.41. The number of fused-ring (bicyclic) bond motifs is 1. The Balaban J connectivity index is 1.89. The molecule has 0 aromatic carbocycles. The number of hydrogen-bond acceptors (Lipinski definition) is 5. The first-order chi connectivity index (χ1) is 9.22. The van der Waals surface area contributed by atoms with Gasteiger partial charge in [-0.25, -0.2) is 0 Å². The van der Waals surface area contributed by atoms with Gasteiger partial charge in [-0.2, -0.15) is 0 Å². The summed E-state index contributed by atoms with van der Waals surface area (Å²) in [7, 11) is 1.75. The van der Waals surface area contributed by atoms with Crippen LogP contribution in [0.2, 0.25) is 0 Å². The predicted octanol–water partition coefficient (Wildman–Crippen LogP) is 0.560. The third kappa shape index (κ3) is 3.70. The molecule has 2 rings (SSSR count). The zero-order valence-electron chi connectivity index (χ0n) is 11.3. The van der Waals surface area contributed by atoms with Gasteiger partial charge >= 0.3 is 0 Å². The molecule has 0 saturated carbocycles. The van der Waals surface area contributed by atoms with E-state index in [0.717, 1.165) is 29.7 Å². The molecule has 0 fully saturated rings. The fraction of sp³-hybridized carbons (Fsp3) is 0.750. The number of carbonyl (C=O) groups is 1. The second-order valence-electron chi connectivity index (χ2n) is 4.74. The fourth-order valence-electron chi connectivity index (χ4n) is 2.26. The van der Waals surface area contributed by atoms with Gasteiger partial charge in [0.25, 0.3) is 0 Å². The van der Waals surface area contributed by atoms with Crippen molar-refractivity contribution in [3.05, 3.63) is 5.82 Å². The molecule has 0 spiro atoms. The van der Waals surface area contributed by atoms with Gasteiger partial charge < -0.3 is 15.6 Å². The van der Waals surface area contributed by atoms with E-state index in [-0.39, 0.29) is 11.9 Å². The van der Waals surface area contributed by atoms with E-state index in [2.05, 4.69) is 20.1 Å². The fourth-order valence-corrected chi connectivity index (χ4v) is 3.25. The van der Waals surface area contributed by atoms with Crippen molar-refractivity contribution in [2.24, 2.45) is 5.73 Å². The maximum atomic E-state index is 11.1. The zero-order chi connectivity index (χ0) is 13.7. The molecule has 0 radical (unpaired) electrons. The molecule has 1 aromatic rings. The number of rotatable bonds is 6. The number of thioether (sulfide) groups is 1. The predicted molar refractivity (Wildman–Crippen MR) is 75.0 cm³/mol. The first-order valence-corrected chi connectivity index (χ1v) is 7.72. The molecular weight excluding hydrogens is 262 g/mol. The minimum Gasteiger partial charge on any atom is -0.368 e. The van der Waals surface area contributed by atoms with Crippen molar-refractivity contribution in [1.29, 1.82) is 0 Å². The van der Waals surface area contributed by atoms with Crippen LogP contribution in [-0.2, 0) is 17.8 Å². The normalized spacial score (nSPS) is 16.7. The number of nitrogens with one attached hydrogen (secondary N) is 1. The number of hydrogen-bond donors (Lipinski definition) is 2. The van der Waals surface area contributed by atoms with Crippen LogP contribution in [0.4, 0.5) is 0 Å². The second-order valence-corrected chi connectivity index (χ2v) is 5.80. The molecule has 106 valence electrons. The number of carbonyl (C=O) groups excluding carboxylic acids is 1.